The van der Waals surface area contributed by atoms with Crippen molar-refractivity contribution in [2.75, 3.05) is 10.6 Å². The lowest BCUT2D eigenvalue weighted by Gasteiger charge is -2.23. The molecule has 1 aliphatic rings. The predicted octanol–water partition coefficient (Wildman–Crippen LogP) is 3.86. The van der Waals surface area contributed by atoms with E-state index in [4.69, 9.17) is 4.74 Å². The van der Waals surface area contributed by atoms with Gasteiger partial charge in [0.05, 0.1) is 5.69 Å². The molecule has 0 spiro atoms. The van der Waals surface area contributed by atoms with E-state index in [1.54, 1.807) is 25.1 Å². The number of carbonyl (C=O) groups is 2. The standard InChI is InChI=1S/C20H22N2O3/c1-12(2)10-14-4-6-15(7-5-14)20(24)21-16-8-9-18-17(11-16)22-19(23)13(3)25-18/h4-9,11-13H,10H2,1-3H3,(H,21,24)(H,22,23)/t13-/m1/s1. The highest BCUT2D eigenvalue weighted by Gasteiger charge is 2.23. The monoisotopic (exact) mass is 338 g/mol. The number of nitrogens with one attached hydrogen (secondary N) is 2. The van der Waals surface area contributed by atoms with E-state index < -0.39 is 6.10 Å². The average Bonchev–Trinajstić information content (AvgIpc) is 2.56. The molecule has 130 valence electrons. The summed E-state index contributed by atoms with van der Waals surface area (Å²) < 4.78 is 5.51. The lowest BCUT2D eigenvalue weighted by molar-refractivity contribution is -0.122. The molecule has 0 unspecified atom stereocenters. The Labute approximate surface area is 147 Å². The molecule has 3 rings (SSSR count). The van der Waals surface area contributed by atoms with Crippen LogP contribution in [0.25, 0.3) is 0 Å². The fourth-order valence-electron chi connectivity index (χ4n) is 2.75. The van der Waals surface area contributed by atoms with E-state index in [9.17, 15) is 9.59 Å². The Morgan fingerprint density at radius 1 is 1.20 bits per heavy atom. The Morgan fingerprint density at radius 3 is 2.60 bits per heavy atom. The van der Waals surface area contributed by atoms with E-state index >= 15 is 0 Å². The van der Waals surface area contributed by atoms with Crippen LogP contribution < -0.4 is 15.4 Å². The summed E-state index contributed by atoms with van der Waals surface area (Å²) in [6.07, 6.45) is 0.475. The van der Waals surface area contributed by atoms with Gasteiger partial charge in [0.2, 0.25) is 0 Å². The van der Waals surface area contributed by atoms with Gasteiger partial charge in [0, 0.05) is 11.3 Å². The Bertz CT molecular complexity index is 797. The van der Waals surface area contributed by atoms with Gasteiger partial charge in [-0.3, -0.25) is 9.59 Å². The molecule has 5 heteroatoms. The topological polar surface area (TPSA) is 67.4 Å². The predicted molar refractivity (Wildman–Crippen MR) is 98.1 cm³/mol. The molecule has 1 atom stereocenters. The van der Waals surface area contributed by atoms with Gasteiger partial charge in [0.1, 0.15) is 5.75 Å². The van der Waals surface area contributed by atoms with Crippen LogP contribution in [0.1, 0.15) is 36.7 Å². The van der Waals surface area contributed by atoms with Crippen LogP contribution in [-0.4, -0.2) is 17.9 Å². The first-order valence-corrected chi connectivity index (χ1v) is 8.44. The third kappa shape index (κ3) is 3.99. The van der Waals surface area contributed by atoms with Crippen molar-refractivity contribution in [1.82, 2.24) is 0 Å². The van der Waals surface area contributed by atoms with Gasteiger partial charge < -0.3 is 15.4 Å². The quantitative estimate of drug-likeness (QED) is 0.889. The van der Waals surface area contributed by atoms with Crippen molar-refractivity contribution in [3.8, 4) is 5.75 Å². The van der Waals surface area contributed by atoms with Gasteiger partial charge in [-0.2, -0.15) is 0 Å². The van der Waals surface area contributed by atoms with Crippen molar-refractivity contribution in [3.05, 3.63) is 53.6 Å². The normalized spacial score (nSPS) is 16.0. The fourth-order valence-corrected chi connectivity index (χ4v) is 2.75. The molecule has 0 aliphatic carbocycles. The van der Waals surface area contributed by atoms with Crippen LogP contribution in [0.5, 0.6) is 5.75 Å². The van der Waals surface area contributed by atoms with Crippen LogP contribution in [0.2, 0.25) is 0 Å². The highest BCUT2D eigenvalue weighted by Crippen LogP contribution is 2.32. The summed E-state index contributed by atoms with van der Waals surface area (Å²) in [5, 5.41) is 5.62. The van der Waals surface area contributed by atoms with E-state index in [1.807, 2.05) is 24.3 Å². The van der Waals surface area contributed by atoms with Crippen molar-refractivity contribution < 1.29 is 14.3 Å². The fraction of sp³-hybridized carbons (Fsp3) is 0.300. The van der Waals surface area contributed by atoms with E-state index in [0.717, 1.165) is 6.42 Å². The van der Waals surface area contributed by atoms with Crippen LogP contribution in [0.3, 0.4) is 0 Å². The molecule has 0 bridgehead atoms. The number of hydrogen-bond acceptors (Lipinski definition) is 3. The van der Waals surface area contributed by atoms with Crippen LogP contribution in [0, 0.1) is 5.92 Å². The number of anilines is 2. The Hall–Kier alpha value is -2.82. The summed E-state index contributed by atoms with van der Waals surface area (Å²) in [5.74, 6) is 0.794. The third-order valence-corrected chi connectivity index (χ3v) is 4.03. The van der Waals surface area contributed by atoms with Crippen molar-refractivity contribution in [3.63, 3.8) is 0 Å². The molecular weight excluding hydrogens is 316 g/mol. The first kappa shape index (κ1) is 17.0. The molecule has 0 fully saturated rings. The van der Waals surface area contributed by atoms with Gasteiger partial charge >= 0.3 is 0 Å². The zero-order valence-electron chi connectivity index (χ0n) is 14.6. The number of carbonyl (C=O) groups excluding carboxylic acids is 2. The van der Waals surface area contributed by atoms with Crippen molar-refractivity contribution in [2.24, 2.45) is 5.92 Å². The molecule has 25 heavy (non-hydrogen) atoms. The minimum absolute atomic E-state index is 0.188. The first-order valence-electron chi connectivity index (χ1n) is 8.44. The largest absolute Gasteiger partial charge is 0.479 e. The Morgan fingerprint density at radius 2 is 1.92 bits per heavy atom. The number of hydrogen-bond donors (Lipinski definition) is 2. The minimum Gasteiger partial charge on any atom is -0.479 e. The molecule has 2 N–H and O–H groups in total. The smallest absolute Gasteiger partial charge is 0.265 e. The van der Waals surface area contributed by atoms with Gasteiger partial charge in [0.25, 0.3) is 11.8 Å². The zero-order valence-corrected chi connectivity index (χ0v) is 14.6. The summed E-state index contributed by atoms with van der Waals surface area (Å²) in [6, 6.07) is 12.8. The minimum atomic E-state index is -0.516. The number of rotatable bonds is 4. The van der Waals surface area contributed by atoms with Gasteiger partial charge in [-0.05, 0) is 55.2 Å². The lowest BCUT2D eigenvalue weighted by atomic mass is 10.0. The molecule has 0 aromatic heterocycles. The first-order chi connectivity index (χ1) is 11.9. The second kappa shape index (κ2) is 6.97. The maximum absolute atomic E-state index is 12.4. The Balaban J connectivity index is 1.71. The maximum atomic E-state index is 12.4. The van der Waals surface area contributed by atoms with Gasteiger partial charge in [0.15, 0.2) is 6.10 Å². The van der Waals surface area contributed by atoms with E-state index in [0.29, 0.717) is 28.6 Å². The number of fused-ring (bicyclic) bond motifs is 1. The second-order valence-corrected chi connectivity index (χ2v) is 6.71. The number of amides is 2. The van der Waals surface area contributed by atoms with E-state index in [-0.39, 0.29) is 11.8 Å². The second-order valence-electron chi connectivity index (χ2n) is 6.71. The summed E-state index contributed by atoms with van der Waals surface area (Å²) in [4.78, 5) is 24.1. The summed E-state index contributed by atoms with van der Waals surface area (Å²) >= 11 is 0. The van der Waals surface area contributed by atoms with Crippen molar-refractivity contribution >= 4 is 23.2 Å². The SMILES string of the molecule is CC(C)Cc1ccc(C(=O)Nc2ccc3c(c2)NC(=O)[C@@H](C)O3)cc1. The number of ether oxygens (including phenoxy) is 1. The van der Waals surface area contributed by atoms with E-state index in [1.165, 1.54) is 5.56 Å². The summed E-state index contributed by atoms with van der Waals surface area (Å²) in [6.45, 7) is 6.02. The van der Waals surface area contributed by atoms with Crippen LogP contribution in [0.15, 0.2) is 42.5 Å². The van der Waals surface area contributed by atoms with Gasteiger partial charge in [-0.25, -0.2) is 0 Å². The molecule has 0 radical (unpaired) electrons. The van der Waals surface area contributed by atoms with Gasteiger partial charge in [-0.1, -0.05) is 26.0 Å². The molecule has 1 aliphatic heterocycles. The highest BCUT2D eigenvalue weighted by molar-refractivity contribution is 6.05. The molecular formula is C20H22N2O3. The molecule has 5 nitrogen and oxygen atoms in total. The maximum Gasteiger partial charge on any atom is 0.265 e. The average molecular weight is 338 g/mol. The third-order valence-electron chi connectivity index (χ3n) is 4.03. The molecule has 2 aromatic rings. The molecule has 0 saturated heterocycles. The van der Waals surface area contributed by atoms with Crippen LogP contribution in [-0.2, 0) is 11.2 Å². The Kier molecular flexibility index (Phi) is 4.74. The summed E-state index contributed by atoms with van der Waals surface area (Å²) in [5.41, 5.74) is 2.98. The van der Waals surface area contributed by atoms with Gasteiger partial charge in [-0.15, -0.1) is 0 Å². The van der Waals surface area contributed by atoms with Crippen molar-refractivity contribution in [2.45, 2.75) is 33.3 Å². The molecule has 2 aromatic carbocycles. The molecule has 1 heterocycles. The van der Waals surface area contributed by atoms with E-state index in [2.05, 4.69) is 24.5 Å². The zero-order chi connectivity index (χ0) is 18.0. The lowest BCUT2D eigenvalue weighted by Crippen LogP contribution is -2.34. The number of benzene rings is 2. The molecule has 2 amide bonds. The van der Waals surface area contributed by atoms with Crippen molar-refractivity contribution in [1.29, 1.82) is 0 Å². The summed E-state index contributed by atoms with van der Waals surface area (Å²) in [7, 11) is 0. The van der Waals surface area contributed by atoms with Crippen LogP contribution >= 0.6 is 0 Å². The van der Waals surface area contributed by atoms with Crippen LogP contribution in [0.4, 0.5) is 11.4 Å². The highest BCUT2D eigenvalue weighted by atomic mass is 16.5. The molecule has 0 saturated carbocycles.